The highest BCUT2D eigenvalue weighted by Gasteiger charge is 2.25. The number of aryl methyl sites for hydroxylation is 2. The van der Waals surface area contributed by atoms with E-state index < -0.39 is 10.0 Å². The van der Waals surface area contributed by atoms with E-state index in [0.29, 0.717) is 40.3 Å². The maximum Gasteiger partial charge on any atom is 0.262 e. The molecule has 0 radical (unpaired) electrons. The van der Waals surface area contributed by atoms with Gasteiger partial charge in [0.15, 0.2) is 5.78 Å². The zero-order valence-corrected chi connectivity index (χ0v) is 17.3. The van der Waals surface area contributed by atoms with Gasteiger partial charge in [-0.25, -0.2) is 8.42 Å². The van der Waals surface area contributed by atoms with Crippen LogP contribution in [0.4, 0.5) is 5.69 Å². The number of benzene rings is 2. The molecule has 0 saturated carbocycles. The van der Waals surface area contributed by atoms with Gasteiger partial charge in [-0.3, -0.25) is 9.52 Å². The first-order valence-electron chi connectivity index (χ1n) is 9.27. The van der Waals surface area contributed by atoms with Gasteiger partial charge in [-0.05, 0) is 49.6 Å². The Labute approximate surface area is 169 Å². The fourth-order valence-electron chi connectivity index (χ4n) is 3.81. The zero-order chi connectivity index (χ0) is 20.8. The van der Waals surface area contributed by atoms with Crippen LogP contribution in [0.3, 0.4) is 0 Å². The number of carbonyl (C=O) groups is 1. The smallest absolute Gasteiger partial charge is 0.262 e. The van der Waals surface area contributed by atoms with Crippen molar-refractivity contribution in [2.24, 2.45) is 0 Å². The highest BCUT2D eigenvalue weighted by atomic mass is 32.2. The number of H-pyrrole nitrogens is 1. The Kier molecular flexibility index (Phi) is 4.74. The molecule has 2 aromatic carbocycles. The highest BCUT2D eigenvalue weighted by Crippen LogP contribution is 2.34. The van der Waals surface area contributed by atoms with Gasteiger partial charge in [0, 0.05) is 34.6 Å². The van der Waals surface area contributed by atoms with Crippen LogP contribution in [0, 0.1) is 6.92 Å². The summed E-state index contributed by atoms with van der Waals surface area (Å²) in [4.78, 5) is 15.7. The van der Waals surface area contributed by atoms with Crippen molar-refractivity contribution in [2.75, 3.05) is 18.9 Å². The second-order valence-electron chi connectivity index (χ2n) is 7.09. The molecule has 152 valence electrons. The number of nitrogens with one attached hydrogen (secondary N) is 2. The van der Waals surface area contributed by atoms with Gasteiger partial charge in [0.2, 0.25) is 0 Å². The predicted octanol–water partition coefficient (Wildman–Crippen LogP) is 3.81. The van der Waals surface area contributed by atoms with E-state index >= 15 is 0 Å². The van der Waals surface area contributed by atoms with Gasteiger partial charge in [-0.15, -0.1) is 0 Å². The van der Waals surface area contributed by atoms with Gasteiger partial charge in [0.05, 0.1) is 24.8 Å². The Morgan fingerprint density at radius 3 is 2.59 bits per heavy atom. The summed E-state index contributed by atoms with van der Waals surface area (Å²) < 4.78 is 39.3. The van der Waals surface area contributed by atoms with Gasteiger partial charge in [-0.1, -0.05) is 0 Å². The Morgan fingerprint density at radius 2 is 1.86 bits per heavy atom. The maximum atomic E-state index is 13.1. The summed E-state index contributed by atoms with van der Waals surface area (Å²) in [7, 11) is -0.890. The first kappa shape index (κ1) is 19.3. The number of hydrogen-bond acceptors (Lipinski definition) is 5. The van der Waals surface area contributed by atoms with Crippen molar-refractivity contribution in [3.63, 3.8) is 0 Å². The topological polar surface area (TPSA) is 97.5 Å². The van der Waals surface area contributed by atoms with Gasteiger partial charge < -0.3 is 14.5 Å². The second kappa shape index (κ2) is 7.11. The minimum Gasteiger partial charge on any atom is -0.497 e. The largest absolute Gasteiger partial charge is 0.497 e. The van der Waals surface area contributed by atoms with Crippen molar-refractivity contribution < 1.29 is 22.7 Å². The number of anilines is 1. The fraction of sp³-hybridized carbons (Fsp3) is 0.286. The summed E-state index contributed by atoms with van der Waals surface area (Å²) in [5.41, 5.74) is 3.11. The van der Waals surface area contributed by atoms with Gasteiger partial charge in [0.25, 0.3) is 10.0 Å². The van der Waals surface area contributed by atoms with E-state index in [1.54, 1.807) is 37.3 Å². The first-order chi connectivity index (χ1) is 13.8. The Bertz CT molecular complexity index is 1230. The van der Waals surface area contributed by atoms with Gasteiger partial charge in [0.1, 0.15) is 11.5 Å². The minimum atomic E-state index is -3.88. The SMILES string of the molecule is COc1ccc(NS(=O)(=O)c2cc3[nH]c4c(c3cc2C)C(=O)CCC4)c(OC)c1. The van der Waals surface area contributed by atoms with Crippen LogP contribution in [0.2, 0.25) is 0 Å². The van der Waals surface area contributed by atoms with E-state index in [2.05, 4.69) is 9.71 Å². The number of aromatic nitrogens is 1. The van der Waals surface area contributed by atoms with Crippen LogP contribution in [-0.4, -0.2) is 33.4 Å². The lowest BCUT2D eigenvalue weighted by molar-refractivity contribution is 0.0974. The number of Topliss-reactive ketones (excluding diaryl/α,β-unsaturated/α-hetero) is 1. The Hall–Kier alpha value is -3.00. The zero-order valence-electron chi connectivity index (χ0n) is 16.5. The molecule has 1 aliphatic rings. The average molecular weight is 414 g/mol. The molecule has 0 aliphatic heterocycles. The summed E-state index contributed by atoms with van der Waals surface area (Å²) >= 11 is 0. The van der Waals surface area contributed by atoms with E-state index in [1.165, 1.54) is 14.2 Å². The molecule has 8 heteroatoms. The maximum absolute atomic E-state index is 13.1. The third-order valence-electron chi connectivity index (χ3n) is 5.22. The third kappa shape index (κ3) is 3.33. The lowest BCUT2D eigenvalue weighted by atomic mass is 9.94. The number of hydrogen-bond donors (Lipinski definition) is 2. The molecule has 0 unspecified atom stereocenters. The van der Waals surface area contributed by atoms with Crippen LogP contribution in [0.15, 0.2) is 35.2 Å². The number of aromatic amines is 1. The molecule has 1 heterocycles. The predicted molar refractivity (Wildman–Crippen MR) is 111 cm³/mol. The van der Waals surface area contributed by atoms with Gasteiger partial charge >= 0.3 is 0 Å². The molecule has 0 amide bonds. The molecule has 1 aliphatic carbocycles. The summed E-state index contributed by atoms with van der Waals surface area (Å²) in [6.45, 7) is 1.73. The van der Waals surface area contributed by atoms with Crippen LogP contribution < -0.4 is 14.2 Å². The molecule has 0 atom stereocenters. The minimum absolute atomic E-state index is 0.105. The number of methoxy groups -OCH3 is 2. The van der Waals surface area contributed by atoms with Crippen LogP contribution in [0.1, 0.15) is 34.5 Å². The molecule has 7 nitrogen and oxygen atoms in total. The normalized spacial score (nSPS) is 14.0. The molecule has 0 spiro atoms. The van der Waals surface area contributed by atoms with Crippen LogP contribution in [-0.2, 0) is 16.4 Å². The number of rotatable bonds is 5. The molecule has 0 fully saturated rings. The summed E-state index contributed by atoms with van der Waals surface area (Å²) in [5.74, 6) is 1.02. The quantitative estimate of drug-likeness (QED) is 0.662. The van der Waals surface area contributed by atoms with Gasteiger partial charge in [-0.2, -0.15) is 0 Å². The molecule has 1 aromatic heterocycles. The molecule has 4 rings (SSSR count). The van der Waals surface area contributed by atoms with Crippen molar-refractivity contribution >= 4 is 32.4 Å². The van der Waals surface area contributed by atoms with Crippen molar-refractivity contribution in [1.29, 1.82) is 0 Å². The average Bonchev–Trinajstić information content (AvgIpc) is 3.06. The molecular weight excluding hydrogens is 392 g/mol. The summed E-state index contributed by atoms with van der Waals surface area (Å²) in [6, 6.07) is 8.22. The first-order valence-corrected chi connectivity index (χ1v) is 10.8. The lowest BCUT2D eigenvalue weighted by Gasteiger charge is -2.14. The van der Waals surface area contributed by atoms with Crippen LogP contribution in [0.25, 0.3) is 10.9 Å². The number of ketones is 1. The summed E-state index contributed by atoms with van der Waals surface area (Å²) in [6.07, 6.45) is 2.12. The second-order valence-corrected chi connectivity index (χ2v) is 8.74. The van der Waals surface area contributed by atoms with E-state index in [0.717, 1.165) is 23.9 Å². The molecule has 0 bridgehead atoms. The monoisotopic (exact) mass is 414 g/mol. The van der Waals surface area contributed by atoms with Crippen molar-refractivity contribution in [3.05, 3.63) is 47.2 Å². The van der Waals surface area contributed by atoms with Crippen molar-refractivity contribution in [3.8, 4) is 11.5 Å². The molecule has 2 N–H and O–H groups in total. The Morgan fingerprint density at radius 1 is 1.07 bits per heavy atom. The molecule has 3 aromatic rings. The molecule has 0 saturated heterocycles. The highest BCUT2D eigenvalue weighted by molar-refractivity contribution is 7.92. The lowest BCUT2D eigenvalue weighted by Crippen LogP contribution is -2.15. The van der Waals surface area contributed by atoms with E-state index in [-0.39, 0.29) is 10.7 Å². The standard InChI is InChI=1S/C21H22N2O5S/c1-12-9-14-17(22-16-5-4-6-18(24)21(14)16)11-20(12)29(25,26)23-15-8-7-13(27-2)10-19(15)28-3/h7-11,22-23H,4-6H2,1-3H3. The van der Waals surface area contributed by atoms with E-state index in [4.69, 9.17) is 9.47 Å². The Balaban J connectivity index is 1.77. The number of ether oxygens (including phenoxy) is 2. The third-order valence-corrected chi connectivity index (χ3v) is 6.73. The van der Waals surface area contributed by atoms with Crippen LogP contribution in [0.5, 0.6) is 11.5 Å². The van der Waals surface area contributed by atoms with Crippen molar-refractivity contribution in [2.45, 2.75) is 31.1 Å². The van der Waals surface area contributed by atoms with Crippen LogP contribution >= 0.6 is 0 Å². The molecular formula is C21H22N2O5S. The fourth-order valence-corrected chi connectivity index (χ4v) is 5.14. The van der Waals surface area contributed by atoms with Crippen molar-refractivity contribution in [1.82, 2.24) is 4.98 Å². The number of sulfonamides is 1. The summed E-state index contributed by atoms with van der Waals surface area (Å²) in [5, 5.41) is 0.781. The van der Waals surface area contributed by atoms with E-state index in [1.807, 2.05) is 0 Å². The number of carbonyl (C=O) groups excluding carboxylic acids is 1. The van der Waals surface area contributed by atoms with E-state index in [9.17, 15) is 13.2 Å². The molecule has 29 heavy (non-hydrogen) atoms. The number of fused-ring (bicyclic) bond motifs is 3.